The van der Waals surface area contributed by atoms with E-state index < -0.39 is 0 Å². The van der Waals surface area contributed by atoms with Crippen LogP contribution in [0.2, 0.25) is 0 Å². The van der Waals surface area contributed by atoms with Gasteiger partial charge in [-0.15, -0.1) is 18.3 Å². The van der Waals surface area contributed by atoms with Crippen LogP contribution in [0, 0.1) is 0 Å². The van der Waals surface area contributed by atoms with Crippen molar-refractivity contribution in [3.63, 3.8) is 0 Å². The molecule has 0 radical (unpaired) electrons. The van der Waals surface area contributed by atoms with Gasteiger partial charge in [-0.3, -0.25) is 4.79 Å². The highest BCUT2D eigenvalue weighted by molar-refractivity contribution is 9.10. The molecule has 0 heterocycles. The summed E-state index contributed by atoms with van der Waals surface area (Å²) < 4.78 is 5.93. The molecule has 0 unspecified atom stereocenters. The highest BCUT2D eigenvalue weighted by atomic mass is 79.9. The SMILES string of the molecule is C=CCSCC(=O)Nc1ccc(OC)c(Br)c1. The van der Waals surface area contributed by atoms with Crippen molar-refractivity contribution in [2.24, 2.45) is 0 Å². The molecule has 1 amide bonds. The number of rotatable bonds is 6. The lowest BCUT2D eigenvalue weighted by molar-refractivity contribution is -0.113. The van der Waals surface area contributed by atoms with Crippen molar-refractivity contribution in [3.8, 4) is 5.75 Å². The van der Waals surface area contributed by atoms with Crippen LogP contribution in [0.4, 0.5) is 5.69 Å². The van der Waals surface area contributed by atoms with Crippen molar-refractivity contribution in [2.75, 3.05) is 23.9 Å². The molecular weight excluding hydrogens is 302 g/mol. The number of hydrogen-bond acceptors (Lipinski definition) is 3. The molecule has 92 valence electrons. The molecule has 0 aliphatic heterocycles. The first-order valence-electron chi connectivity index (χ1n) is 4.99. The van der Waals surface area contributed by atoms with E-state index in [0.29, 0.717) is 5.75 Å². The molecular formula is C12H14BrNO2S. The zero-order chi connectivity index (χ0) is 12.7. The van der Waals surface area contributed by atoms with Gasteiger partial charge >= 0.3 is 0 Å². The highest BCUT2D eigenvalue weighted by Crippen LogP contribution is 2.27. The molecule has 0 aromatic heterocycles. The Morgan fingerprint density at radius 1 is 1.65 bits per heavy atom. The summed E-state index contributed by atoms with van der Waals surface area (Å²) in [5, 5.41) is 2.81. The number of ether oxygens (including phenoxy) is 1. The molecule has 0 saturated heterocycles. The van der Waals surface area contributed by atoms with Crippen LogP contribution < -0.4 is 10.1 Å². The Hall–Kier alpha value is -0.940. The third-order valence-electron chi connectivity index (χ3n) is 1.90. The summed E-state index contributed by atoms with van der Waals surface area (Å²) in [6.07, 6.45) is 1.78. The van der Waals surface area contributed by atoms with Crippen LogP contribution in [0.5, 0.6) is 5.75 Å². The quantitative estimate of drug-likeness (QED) is 0.646. The third-order valence-corrected chi connectivity index (χ3v) is 3.46. The lowest BCUT2D eigenvalue weighted by Crippen LogP contribution is -2.14. The largest absolute Gasteiger partial charge is 0.496 e. The molecule has 1 aromatic carbocycles. The minimum absolute atomic E-state index is 0.0195. The van der Waals surface area contributed by atoms with E-state index in [-0.39, 0.29) is 5.91 Å². The fourth-order valence-corrected chi connectivity index (χ4v) is 2.26. The molecule has 0 bridgehead atoms. The minimum atomic E-state index is -0.0195. The Balaban J connectivity index is 2.53. The zero-order valence-electron chi connectivity index (χ0n) is 9.53. The number of halogens is 1. The molecule has 1 N–H and O–H groups in total. The second-order valence-electron chi connectivity index (χ2n) is 3.20. The molecule has 1 rings (SSSR count). The molecule has 5 heteroatoms. The Kier molecular flexibility index (Phi) is 6.15. The number of hydrogen-bond donors (Lipinski definition) is 1. The zero-order valence-corrected chi connectivity index (χ0v) is 11.9. The number of carbonyl (C=O) groups is 1. The summed E-state index contributed by atoms with van der Waals surface area (Å²) in [7, 11) is 1.60. The molecule has 0 spiro atoms. The average Bonchev–Trinajstić information content (AvgIpc) is 2.29. The molecule has 0 aliphatic rings. The second-order valence-corrected chi connectivity index (χ2v) is 5.09. The predicted molar refractivity (Wildman–Crippen MR) is 76.8 cm³/mol. The van der Waals surface area contributed by atoms with Gasteiger partial charge in [0.15, 0.2) is 0 Å². The van der Waals surface area contributed by atoms with E-state index in [1.165, 1.54) is 11.8 Å². The Morgan fingerprint density at radius 2 is 2.41 bits per heavy atom. The predicted octanol–water partition coefficient (Wildman–Crippen LogP) is 3.32. The number of benzene rings is 1. The van der Waals surface area contributed by atoms with Crippen molar-refractivity contribution in [1.29, 1.82) is 0 Å². The van der Waals surface area contributed by atoms with E-state index in [9.17, 15) is 4.79 Å². The summed E-state index contributed by atoms with van der Waals surface area (Å²) in [5.74, 6) is 1.92. The summed E-state index contributed by atoms with van der Waals surface area (Å²) in [5.41, 5.74) is 0.752. The second kappa shape index (κ2) is 7.40. The van der Waals surface area contributed by atoms with Crippen LogP contribution in [0.15, 0.2) is 35.3 Å². The van der Waals surface area contributed by atoms with E-state index in [1.807, 2.05) is 6.07 Å². The third kappa shape index (κ3) is 4.83. The van der Waals surface area contributed by atoms with Gasteiger partial charge in [-0.1, -0.05) is 6.08 Å². The monoisotopic (exact) mass is 315 g/mol. The van der Waals surface area contributed by atoms with Crippen molar-refractivity contribution in [3.05, 3.63) is 35.3 Å². The Bertz CT molecular complexity index is 409. The van der Waals surface area contributed by atoms with Gasteiger partial charge in [-0.05, 0) is 34.1 Å². The number of methoxy groups -OCH3 is 1. The molecule has 0 saturated carbocycles. The summed E-state index contributed by atoms with van der Waals surface area (Å²) in [4.78, 5) is 11.5. The molecule has 0 atom stereocenters. The number of nitrogens with one attached hydrogen (secondary N) is 1. The first-order chi connectivity index (χ1) is 8.17. The fraction of sp³-hybridized carbons (Fsp3) is 0.250. The maximum atomic E-state index is 11.5. The molecule has 0 aliphatic carbocycles. The first-order valence-corrected chi connectivity index (χ1v) is 6.94. The standard InChI is InChI=1S/C12H14BrNO2S/c1-3-6-17-8-12(15)14-9-4-5-11(16-2)10(13)7-9/h3-5,7H,1,6,8H2,2H3,(H,14,15). The molecule has 0 fully saturated rings. The lowest BCUT2D eigenvalue weighted by atomic mass is 10.3. The van der Waals surface area contributed by atoms with Gasteiger partial charge in [0.1, 0.15) is 5.75 Å². The Morgan fingerprint density at radius 3 is 3.00 bits per heavy atom. The maximum absolute atomic E-state index is 11.5. The molecule has 17 heavy (non-hydrogen) atoms. The molecule has 1 aromatic rings. The van der Waals surface area contributed by atoms with Crippen LogP contribution in [0.25, 0.3) is 0 Å². The smallest absolute Gasteiger partial charge is 0.234 e. The van der Waals surface area contributed by atoms with Crippen molar-refractivity contribution >= 4 is 39.3 Å². The summed E-state index contributed by atoms with van der Waals surface area (Å²) >= 11 is 4.89. The number of carbonyl (C=O) groups excluding carboxylic acids is 1. The van der Waals surface area contributed by atoms with Gasteiger partial charge in [0.2, 0.25) is 5.91 Å². The van der Waals surface area contributed by atoms with Gasteiger partial charge in [-0.25, -0.2) is 0 Å². The minimum Gasteiger partial charge on any atom is -0.496 e. The van der Waals surface area contributed by atoms with Crippen LogP contribution in [-0.2, 0) is 4.79 Å². The fourth-order valence-electron chi connectivity index (χ4n) is 1.18. The van der Waals surface area contributed by atoms with Gasteiger partial charge in [0, 0.05) is 11.4 Å². The van der Waals surface area contributed by atoms with Crippen molar-refractivity contribution in [2.45, 2.75) is 0 Å². The normalized spacial score (nSPS) is 9.76. The Labute approximate surface area is 114 Å². The van der Waals surface area contributed by atoms with Gasteiger partial charge in [-0.2, -0.15) is 0 Å². The van der Waals surface area contributed by atoms with Crippen LogP contribution in [0.3, 0.4) is 0 Å². The first kappa shape index (κ1) is 14.1. The van der Waals surface area contributed by atoms with E-state index in [0.717, 1.165) is 21.7 Å². The van der Waals surface area contributed by atoms with E-state index >= 15 is 0 Å². The van der Waals surface area contributed by atoms with Gasteiger partial charge in [0.25, 0.3) is 0 Å². The number of thioether (sulfide) groups is 1. The van der Waals surface area contributed by atoms with Crippen LogP contribution in [0.1, 0.15) is 0 Å². The summed E-state index contributed by atoms with van der Waals surface area (Å²) in [6, 6.07) is 5.42. The highest BCUT2D eigenvalue weighted by Gasteiger charge is 2.05. The number of amides is 1. The summed E-state index contributed by atoms with van der Waals surface area (Å²) in [6.45, 7) is 3.60. The van der Waals surface area contributed by atoms with E-state index in [1.54, 1.807) is 25.3 Å². The van der Waals surface area contributed by atoms with Gasteiger partial charge < -0.3 is 10.1 Å². The number of anilines is 1. The lowest BCUT2D eigenvalue weighted by Gasteiger charge is -2.07. The average molecular weight is 316 g/mol. The van der Waals surface area contributed by atoms with Crippen LogP contribution in [-0.4, -0.2) is 24.5 Å². The topological polar surface area (TPSA) is 38.3 Å². The maximum Gasteiger partial charge on any atom is 0.234 e. The van der Waals surface area contributed by atoms with Crippen molar-refractivity contribution < 1.29 is 9.53 Å². The van der Waals surface area contributed by atoms with E-state index in [2.05, 4.69) is 27.8 Å². The molecule has 3 nitrogen and oxygen atoms in total. The van der Waals surface area contributed by atoms with Crippen molar-refractivity contribution in [1.82, 2.24) is 0 Å². The van der Waals surface area contributed by atoms with E-state index in [4.69, 9.17) is 4.74 Å². The van der Waals surface area contributed by atoms with Gasteiger partial charge in [0.05, 0.1) is 17.3 Å². The van der Waals surface area contributed by atoms with Crippen LogP contribution >= 0.6 is 27.7 Å².